The third kappa shape index (κ3) is 4.02. The fraction of sp³-hybridized carbons (Fsp3) is 0.667. The van der Waals surface area contributed by atoms with Crippen LogP contribution in [0.2, 0.25) is 0 Å². The van der Waals surface area contributed by atoms with E-state index in [2.05, 4.69) is 26.1 Å². The quantitative estimate of drug-likeness (QED) is 0.775. The summed E-state index contributed by atoms with van der Waals surface area (Å²) in [5.74, 6) is 2.52. The summed E-state index contributed by atoms with van der Waals surface area (Å²) in [4.78, 5) is 15.9. The maximum Gasteiger partial charge on any atom is 0.229 e. The third-order valence-corrected chi connectivity index (χ3v) is 5.05. The molecule has 2 aromatic rings. The van der Waals surface area contributed by atoms with Gasteiger partial charge < -0.3 is 18.9 Å². The lowest BCUT2D eigenvalue weighted by Gasteiger charge is -2.32. The molecular weight excluding hydrogens is 334 g/mol. The van der Waals surface area contributed by atoms with Crippen LogP contribution in [0.25, 0.3) is 0 Å². The SMILES string of the molecule is COCc1noc(C[C@@H]2CN(c3nccc(C4CCCC4)n3)CCO2)n1. The molecular formula is C18H25N5O3. The number of hydrogen-bond acceptors (Lipinski definition) is 8. The van der Waals surface area contributed by atoms with E-state index in [-0.39, 0.29) is 6.10 Å². The third-order valence-electron chi connectivity index (χ3n) is 5.05. The summed E-state index contributed by atoms with van der Waals surface area (Å²) in [5, 5.41) is 3.90. The monoisotopic (exact) mass is 359 g/mol. The van der Waals surface area contributed by atoms with Crippen LogP contribution in [-0.2, 0) is 22.5 Å². The van der Waals surface area contributed by atoms with E-state index in [9.17, 15) is 0 Å². The second kappa shape index (κ2) is 8.09. The van der Waals surface area contributed by atoms with Gasteiger partial charge in [-0.25, -0.2) is 9.97 Å². The molecule has 0 spiro atoms. The molecule has 0 unspecified atom stereocenters. The molecule has 26 heavy (non-hydrogen) atoms. The lowest BCUT2D eigenvalue weighted by molar-refractivity contribution is 0.0356. The largest absolute Gasteiger partial charge is 0.377 e. The highest BCUT2D eigenvalue weighted by Crippen LogP contribution is 2.33. The number of rotatable bonds is 6. The molecule has 1 atom stereocenters. The molecule has 0 aromatic carbocycles. The van der Waals surface area contributed by atoms with E-state index in [1.54, 1.807) is 7.11 Å². The standard InChI is InChI=1S/C18H25N5O3/c1-24-12-16-21-17(26-22-16)10-14-11-23(8-9-25-14)18-19-7-6-15(20-18)13-4-2-3-5-13/h6-7,13-14H,2-5,8-12H2,1H3/t14-/m1/s1. The van der Waals surface area contributed by atoms with Gasteiger partial charge in [0.1, 0.15) is 6.61 Å². The molecule has 2 aliphatic rings. The zero-order valence-corrected chi connectivity index (χ0v) is 15.1. The Morgan fingerprint density at radius 3 is 3.00 bits per heavy atom. The molecule has 3 heterocycles. The fourth-order valence-electron chi connectivity index (χ4n) is 3.74. The molecule has 1 saturated heterocycles. The van der Waals surface area contributed by atoms with Crippen molar-refractivity contribution in [2.75, 3.05) is 31.7 Å². The first-order chi connectivity index (χ1) is 12.8. The zero-order valence-electron chi connectivity index (χ0n) is 15.1. The molecule has 0 radical (unpaired) electrons. The number of aromatic nitrogens is 4. The molecule has 140 valence electrons. The van der Waals surface area contributed by atoms with Gasteiger partial charge in [-0.15, -0.1) is 0 Å². The normalized spacial score (nSPS) is 21.4. The van der Waals surface area contributed by atoms with Gasteiger partial charge in [-0.1, -0.05) is 18.0 Å². The molecule has 8 heteroatoms. The molecule has 4 rings (SSSR count). The van der Waals surface area contributed by atoms with Crippen molar-refractivity contribution in [1.29, 1.82) is 0 Å². The minimum Gasteiger partial charge on any atom is -0.377 e. The Kier molecular flexibility index (Phi) is 5.40. The number of anilines is 1. The van der Waals surface area contributed by atoms with Crippen molar-refractivity contribution in [2.45, 2.75) is 50.7 Å². The Hall–Kier alpha value is -2.06. The van der Waals surface area contributed by atoms with E-state index in [4.69, 9.17) is 19.0 Å². The summed E-state index contributed by atoms with van der Waals surface area (Å²) in [6, 6.07) is 2.06. The first-order valence-corrected chi connectivity index (χ1v) is 9.31. The van der Waals surface area contributed by atoms with Crippen LogP contribution in [0, 0.1) is 0 Å². The number of hydrogen-bond donors (Lipinski definition) is 0. The molecule has 2 aromatic heterocycles. The minimum atomic E-state index is -0.0154. The predicted octanol–water partition coefficient (Wildman–Crippen LogP) is 2.11. The van der Waals surface area contributed by atoms with Crippen molar-refractivity contribution in [1.82, 2.24) is 20.1 Å². The van der Waals surface area contributed by atoms with Crippen LogP contribution in [0.15, 0.2) is 16.8 Å². The summed E-state index contributed by atoms with van der Waals surface area (Å²) >= 11 is 0. The topological polar surface area (TPSA) is 86.4 Å². The number of methoxy groups -OCH3 is 1. The van der Waals surface area contributed by atoms with Gasteiger partial charge in [-0.2, -0.15) is 4.98 Å². The van der Waals surface area contributed by atoms with Crippen LogP contribution in [0.1, 0.15) is 49.0 Å². The van der Waals surface area contributed by atoms with Gasteiger partial charge in [0.2, 0.25) is 11.8 Å². The van der Waals surface area contributed by atoms with Crippen molar-refractivity contribution >= 4 is 5.95 Å². The van der Waals surface area contributed by atoms with Gasteiger partial charge in [0.15, 0.2) is 5.82 Å². The molecule has 2 fully saturated rings. The van der Waals surface area contributed by atoms with Gasteiger partial charge in [0.05, 0.1) is 19.1 Å². The average molecular weight is 359 g/mol. The van der Waals surface area contributed by atoms with Gasteiger partial charge in [0.25, 0.3) is 0 Å². The summed E-state index contributed by atoms with van der Waals surface area (Å²) in [5.41, 5.74) is 1.18. The molecule has 1 saturated carbocycles. The van der Waals surface area contributed by atoms with Crippen LogP contribution < -0.4 is 4.90 Å². The number of morpholine rings is 1. The highest BCUT2D eigenvalue weighted by atomic mass is 16.5. The zero-order chi connectivity index (χ0) is 17.8. The lowest BCUT2D eigenvalue weighted by atomic mass is 10.0. The smallest absolute Gasteiger partial charge is 0.229 e. The van der Waals surface area contributed by atoms with E-state index < -0.39 is 0 Å². The first kappa shape index (κ1) is 17.4. The van der Waals surface area contributed by atoms with Gasteiger partial charge >= 0.3 is 0 Å². The van der Waals surface area contributed by atoms with Crippen molar-refractivity contribution in [3.63, 3.8) is 0 Å². The van der Waals surface area contributed by atoms with Crippen LogP contribution in [-0.4, -0.2) is 53.0 Å². The molecule has 0 bridgehead atoms. The molecule has 1 aliphatic carbocycles. The van der Waals surface area contributed by atoms with E-state index in [0.717, 1.165) is 19.0 Å². The second-order valence-corrected chi connectivity index (χ2v) is 6.94. The van der Waals surface area contributed by atoms with Crippen molar-refractivity contribution in [2.24, 2.45) is 0 Å². The summed E-state index contributed by atoms with van der Waals surface area (Å²) in [6.45, 7) is 2.50. The summed E-state index contributed by atoms with van der Waals surface area (Å²) < 4.78 is 16.2. The maximum atomic E-state index is 5.88. The lowest BCUT2D eigenvalue weighted by Crippen LogP contribution is -2.44. The number of ether oxygens (including phenoxy) is 2. The Labute approximate surface area is 152 Å². The first-order valence-electron chi connectivity index (χ1n) is 9.31. The van der Waals surface area contributed by atoms with Gasteiger partial charge in [0, 0.05) is 38.0 Å². The average Bonchev–Trinajstić information content (AvgIpc) is 3.35. The van der Waals surface area contributed by atoms with Gasteiger partial charge in [-0.3, -0.25) is 0 Å². The molecule has 0 amide bonds. The number of nitrogens with zero attached hydrogens (tertiary/aromatic N) is 5. The van der Waals surface area contributed by atoms with E-state index >= 15 is 0 Å². The second-order valence-electron chi connectivity index (χ2n) is 6.94. The van der Waals surface area contributed by atoms with Crippen LogP contribution in [0.3, 0.4) is 0 Å². The maximum absolute atomic E-state index is 5.88. The minimum absolute atomic E-state index is 0.0154. The van der Waals surface area contributed by atoms with Crippen molar-refractivity contribution in [3.05, 3.63) is 29.7 Å². The Bertz CT molecular complexity index is 716. The summed E-state index contributed by atoms with van der Waals surface area (Å²) in [7, 11) is 1.61. The van der Waals surface area contributed by atoms with E-state index in [1.165, 1.54) is 31.4 Å². The Morgan fingerprint density at radius 2 is 2.15 bits per heavy atom. The van der Waals surface area contributed by atoms with E-state index in [1.807, 2.05) is 6.20 Å². The highest BCUT2D eigenvalue weighted by molar-refractivity contribution is 5.32. The summed E-state index contributed by atoms with van der Waals surface area (Å²) in [6.07, 6.45) is 7.54. The van der Waals surface area contributed by atoms with Gasteiger partial charge in [-0.05, 0) is 18.9 Å². The predicted molar refractivity (Wildman–Crippen MR) is 93.9 cm³/mol. The fourth-order valence-corrected chi connectivity index (χ4v) is 3.74. The molecule has 8 nitrogen and oxygen atoms in total. The van der Waals surface area contributed by atoms with Crippen LogP contribution >= 0.6 is 0 Å². The van der Waals surface area contributed by atoms with Crippen molar-refractivity contribution < 1.29 is 14.0 Å². The highest BCUT2D eigenvalue weighted by Gasteiger charge is 2.26. The molecule has 1 aliphatic heterocycles. The molecule has 0 N–H and O–H groups in total. The Balaban J connectivity index is 1.40. The van der Waals surface area contributed by atoms with Crippen LogP contribution in [0.5, 0.6) is 0 Å². The van der Waals surface area contributed by atoms with Crippen molar-refractivity contribution in [3.8, 4) is 0 Å². The Morgan fingerprint density at radius 1 is 1.27 bits per heavy atom. The van der Waals surface area contributed by atoms with Crippen LogP contribution in [0.4, 0.5) is 5.95 Å². The van der Waals surface area contributed by atoms with E-state index in [0.29, 0.717) is 37.3 Å².